The second kappa shape index (κ2) is 11.6. The van der Waals surface area contributed by atoms with Crippen LogP contribution in [0.4, 0.5) is 28.9 Å². The minimum atomic E-state index is -4.59. The Kier molecular flexibility index (Phi) is 8.61. The van der Waals surface area contributed by atoms with Gasteiger partial charge in [-0.2, -0.15) is 27.4 Å². The molecule has 0 saturated carbocycles. The molecule has 14 heteroatoms. The Bertz CT molecular complexity index is 1460. The highest BCUT2D eigenvalue weighted by molar-refractivity contribution is 7.89. The molecule has 1 saturated heterocycles. The summed E-state index contributed by atoms with van der Waals surface area (Å²) in [5.74, 6) is -0.0795. The van der Waals surface area contributed by atoms with Gasteiger partial charge in [-0.1, -0.05) is 13.8 Å². The first kappa shape index (κ1) is 29.6. The van der Waals surface area contributed by atoms with Gasteiger partial charge in [-0.05, 0) is 60.4 Å². The van der Waals surface area contributed by atoms with Gasteiger partial charge in [0.25, 0.3) is 10.0 Å². The van der Waals surface area contributed by atoms with Crippen molar-refractivity contribution in [2.24, 2.45) is 5.92 Å². The molecule has 0 spiro atoms. The Hall–Kier alpha value is -3.36. The SMILES string of the molecule is Cc1cc(Nc2ccc(F)cc2)c(C=N)cc1[C@H]1CN(S(=O)(=O)c2cnn(CC(F)(F)F)n2)CCN1CC(C)C. The van der Waals surface area contributed by atoms with Crippen LogP contribution in [0.1, 0.15) is 36.6 Å². The number of piperazine rings is 1. The fourth-order valence-electron chi connectivity index (χ4n) is 4.78. The molecule has 1 aliphatic heterocycles. The van der Waals surface area contributed by atoms with Gasteiger partial charge in [0.2, 0.25) is 5.03 Å². The molecular formula is C26H31F4N7O2S. The van der Waals surface area contributed by atoms with E-state index in [1.807, 2.05) is 19.1 Å². The summed E-state index contributed by atoms with van der Waals surface area (Å²) >= 11 is 0. The number of nitrogens with zero attached hydrogens (tertiary/aromatic N) is 5. The lowest BCUT2D eigenvalue weighted by molar-refractivity contribution is -0.145. The molecule has 2 aromatic carbocycles. The lowest BCUT2D eigenvalue weighted by Gasteiger charge is -2.42. The quantitative estimate of drug-likeness (QED) is 0.280. The predicted octanol–water partition coefficient (Wildman–Crippen LogP) is 4.73. The van der Waals surface area contributed by atoms with Gasteiger partial charge in [0.15, 0.2) is 6.54 Å². The molecular weight excluding hydrogens is 550 g/mol. The maximum Gasteiger partial charge on any atom is 0.409 e. The van der Waals surface area contributed by atoms with Gasteiger partial charge in [-0.3, -0.25) is 4.90 Å². The van der Waals surface area contributed by atoms with Gasteiger partial charge in [-0.25, -0.2) is 12.8 Å². The first-order chi connectivity index (χ1) is 18.8. The summed E-state index contributed by atoms with van der Waals surface area (Å²) in [6.07, 6.45) is -2.56. The number of hydrogen-bond acceptors (Lipinski definition) is 7. The molecule has 2 heterocycles. The zero-order valence-corrected chi connectivity index (χ0v) is 23.1. The number of alkyl halides is 3. The van der Waals surface area contributed by atoms with Crippen molar-refractivity contribution in [3.8, 4) is 0 Å². The van der Waals surface area contributed by atoms with E-state index in [9.17, 15) is 26.0 Å². The number of sulfonamides is 1. The summed E-state index contributed by atoms with van der Waals surface area (Å²) in [6.45, 7) is 5.79. The number of halogens is 4. The number of aryl methyl sites for hydroxylation is 1. The smallest absolute Gasteiger partial charge is 0.355 e. The molecule has 40 heavy (non-hydrogen) atoms. The van der Waals surface area contributed by atoms with Crippen LogP contribution >= 0.6 is 0 Å². The second-order valence-electron chi connectivity index (χ2n) is 10.2. The Morgan fingerprint density at radius 2 is 1.88 bits per heavy atom. The van der Waals surface area contributed by atoms with Crippen LogP contribution in [0.2, 0.25) is 0 Å². The number of hydrogen-bond donors (Lipinski definition) is 2. The van der Waals surface area contributed by atoms with Gasteiger partial charge >= 0.3 is 6.18 Å². The van der Waals surface area contributed by atoms with E-state index in [0.29, 0.717) is 34.8 Å². The topological polar surface area (TPSA) is 107 Å². The van der Waals surface area contributed by atoms with Crippen molar-refractivity contribution in [2.75, 3.05) is 31.5 Å². The van der Waals surface area contributed by atoms with Crippen LogP contribution in [0.25, 0.3) is 0 Å². The van der Waals surface area contributed by atoms with Crippen molar-refractivity contribution >= 4 is 27.6 Å². The summed E-state index contributed by atoms with van der Waals surface area (Å²) in [5, 5.41) is 17.8. The van der Waals surface area contributed by atoms with Crippen LogP contribution in [0.3, 0.4) is 0 Å². The molecule has 3 aromatic rings. The minimum Gasteiger partial charge on any atom is -0.355 e. The fraction of sp³-hybridized carbons (Fsp3) is 0.423. The minimum absolute atomic E-state index is 0.0458. The first-order valence-electron chi connectivity index (χ1n) is 12.7. The van der Waals surface area contributed by atoms with Gasteiger partial charge in [0.1, 0.15) is 5.82 Å². The average Bonchev–Trinajstić information content (AvgIpc) is 3.33. The molecule has 1 aromatic heterocycles. The van der Waals surface area contributed by atoms with E-state index in [2.05, 4.69) is 34.3 Å². The molecule has 0 bridgehead atoms. The molecule has 0 aliphatic carbocycles. The van der Waals surface area contributed by atoms with E-state index in [1.54, 1.807) is 12.1 Å². The number of benzene rings is 2. The van der Waals surface area contributed by atoms with Crippen LogP contribution < -0.4 is 5.32 Å². The summed E-state index contributed by atoms with van der Waals surface area (Å²) in [4.78, 5) is 2.51. The van der Waals surface area contributed by atoms with Crippen molar-refractivity contribution in [2.45, 2.75) is 44.6 Å². The molecule has 0 radical (unpaired) electrons. The van der Waals surface area contributed by atoms with Gasteiger partial charge < -0.3 is 10.7 Å². The van der Waals surface area contributed by atoms with Crippen LogP contribution in [0.5, 0.6) is 0 Å². The largest absolute Gasteiger partial charge is 0.409 e. The highest BCUT2D eigenvalue weighted by Crippen LogP contribution is 2.34. The lowest BCUT2D eigenvalue weighted by Crippen LogP contribution is -2.51. The average molecular weight is 582 g/mol. The monoisotopic (exact) mass is 581 g/mol. The van der Waals surface area contributed by atoms with E-state index < -0.39 is 27.8 Å². The highest BCUT2D eigenvalue weighted by atomic mass is 32.2. The number of aromatic nitrogens is 3. The summed E-state index contributed by atoms with van der Waals surface area (Å²) in [5.41, 5.74) is 3.52. The summed E-state index contributed by atoms with van der Waals surface area (Å²) in [6, 6.07) is 9.16. The van der Waals surface area contributed by atoms with Crippen molar-refractivity contribution < 1.29 is 26.0 Å². The van der Waals surface area contributed by atoms with Crippen LogP contribution in [-0.4, -0.2) is 71.2 Å². The van der Waals surface area contributed by atoms with E-state index >= 15 is 0 Å². The fourth-order valence-corrected chi connectivity index (χ4v) is 6.08. The number of rotatable bonds is 9. The zero-order valence-electron chi connectivity index (χ0n) is 22.3. The third-order valence-corrected chi connectivity index (χ3v) is 8.30. The van der Waals surface area contributed by atoms with Gasteiger partial charge in [0, 0.05) is 55.4 Å². The molecule has 216 valence electrons. The van der Waals surface area contributed by atoms with Gasteiger partial charge in [0.05, 0.1) is 6.20 Å². The molecule has 9 nitrogen and oxygen atoms in total. The molecule has 4 rings (SSSR count). The zero-order chi connectivity index (χ0) is 29.2. The second-order valence-corrected chi connectivity index (χ2v) is 12.1. The summed E-state index contributed by atoms with van der Waals surface area (Å²) < 4.78 is 79.6. The van der Waals surface area contributed by atoms with Crippen LogP contribution in [0.15, 0.2) is 47.6 Å². The molecule has 1 aliphatic rings. The molecule has 1 fully saturated rings. The van der Waals surface area contributed by atoms with Gasteiger partial charge in [-0.15, -0.1) is 5.10 Å². The Labute approximate surface area is 230 Å². The standard InChI is InChI=1S/C26H31F4N7O2S/c1-17(2)14-35-8-9-36(40(38,39)25-13-32-37(34-25)16-26(28,29)30)15-24(35)22-11-19(12-31)23(10-18(22)3)33-21-6-4-20(27)5-7-21/h4-7,10-13,17,24,31,33H,8-9,14-16H2,1-3H3/t24-/m1/s1. The van der Waals surface area contributed by atoms with Crippen molar-refractivity contribution in [3.05, 3.63) is 65.1 Å². The third-order valence-electron chi connectivity index (χ3n) is 6.57. The number of anilines is 2. The maximum atomic E-state index is 13.4. The normalized spacial score (nSPS) is 17.4. The van der Waals surface area contributed by atoms with Crippen LogP contribution in [-0.2, 0) is 16.6 Å². The Morgan fingerprint density at radius 1 is 1.18 bits per heavy atom. The van der Waals surface area contributed by atoms with Crippen LogP contribution in [0, 0.1) is 24.1 Å². The molecule has 0 unspecified atom stereocenters. The van der Waals surface area contributed by atoms with E-state index in [1.165, 1.54) is 22.7 Å². The molecule has 2 N–H and O–H groups in total. The first-order valence-corrected chi connectivity index (χ1v) is 14.1. The van der Waals surface area contributed by atoms with Crippen molar-refractivity contribution in [3.63, 3.8) is 0 Å². The Morgan fingerprint density at radius 3 is 2.50 bits per heavy atom. The Balaban J connectivity index is 1.65. The van der Waals surface area contributed by atoms with E-state index in [0.717, 1.165) is 17.3 Å². The van der Waals surface area contributed by atoms with Crippen molar-refractivity contribution in [1.82, 2.24) is 24.2 Å². The predicted molar refractivity (Wildman–Crippen MR) is 143 cm³/mol. The summed E-state index contributed by atoms with van der Waals surface area (Å²) in [7, 11) is -4.21. The molecule has 1 atom stereocenters. The van der Waals surface area contributed by atoms with E-state index in [4.69, 9.17) is 5.41 Å². The lowest BCUT2D eigenvalue weighted by atomic mass is 9.94. The van der Waals surface area contributed by atoms with Crippen molar-refractivity contribution in [1.29, 1.82) is 5.41 Å². The maximum absolute atomic E-state index is 13.4. The highest BCUT2D eigenvalue weighted by Gasteiger charge is 2.38. The third kappa shape index (κ3) is 6.85. The molecule has 0 amide bonds. The number of nitrogens with one attached hydrogen (secondary N) is 2. The van der Waals surface area contributed by atoms with E-state index in [-0.39, 0.29) is 30.9 Å².